The molecule has 2 nitrogen and oxygen atoms in total. The van der Waals surface area contributed by atoms with Crippen LogP contribution in [-0.4, -0.2) is 18.0 Å². The molecule has 2 heteroatoms. The van der Waals surface area contributed by atoms with Crippen LogP contribution in [0.1, 0.15) is 26.7 Å². The molecule has 0 aromatic rings. The van der Waals surface area contributed by atoms with Crippen LogP contribution in [0.15, 0.2) is 0 Å². The van der Waals surface area contributed by atoms with Gasteiger partial charge >= 0.3 is 0 Å². The number of hydrogen-bond acceptors (Lipinski definition) is 2. The summed E-state index contributed by atoms with van der Waals surface area (Å²) >= 11 is 0. The van der Waals surface area contributed by atoms with E-state index in [0.717, 1.165) is 6.42 Å². The van der Waals surface area contributed by atoms with E-state index in [9.17, 15) is 4.79 Å². The Bertz CT molecular complexity index is 209. The van der Waals surface area contributed by atoms with Crippen molar-refractivity contribution >= 4 is 5.78 Å². The second kappa shape index (κ2) is 3.54. The van der Waals surface area contributed by atoms with Gasteiger partial charge < -0.3 is 4.74 Å². The summed E-state index contributed by atoms with van der Waals surface area (Å²) < 4.78 is 5.23. The number of Topliss-reactive ketones (excluding diaryl/α,β-unsaturated/α-hetero) is 1. The second-order valence-electron chi connectivity index (χ2n) is 2.68. The van der Waals surface area contributed by atoms with Gasteiger partial charge in [0.25, 0.3) is 0 Å². The predicted molar refractivity (Wildman–Crippen MR) is 42.0 cm³/mol. The number of carbonyl (C=O) groups excluding carboxylic acids is 1. The maximum Gasteiger partial charge on any atom is 0.202 e. The lowest BCUT2D eigenvalue weighted by Crippen LogP contribution is -1.90. The molecule has 0 spiro atoms. The molecule has 0 N–H and O–H groups in total. The van der Waals surface area contributed by atoms with Gasteiger partial charge in [0.1, 0.15) is 0 Å². The van der Waals surface area contributed by atoms with Gasteiger partial charge in [-0.15, -0.1) is 0 Å². The highest BCUT2D eigenvalue weighted by atomic mass is 16.6. The molecule has 0 aromatic heterocycles. The topological polar surface area (TPSA) is 29.6 Å². The highest BCUT2D eigenvalue weighted by Crippen LogP contribution is 2.27. The van der Waals surface area contributed by atoms with Crippen LogP contribution in [0, 0.1) is 11.8 Å². The van der Waals surface area contributed by atoms with Gasteiger partial charge in [0, 0.05) is 13.3 Å². The van der Waals surface area contributed by atoms with Crippen LogP contribution < -0.4 is 0 Å². The smallest absolute Gasteiger partial charge is 0.202 e. The van der Waals surface area contributed by atoms with E-state index in [4.69, 9.17) is 4.74 Å². The van der Waals surface area contributed by atoms with Gasteiger partial charge in [-0.25, -0.2) is 0 Å². The van der Waals surface area contributed by atoms with E-state index in [1.54, 1.807) is 0 Å². The molecule has 11 heavy (non-hydrogen) atoms. The van der Waals surface area contributed by atoms with E-state index in [-0.39, 0.29) is 5.78 Å². The first kappa shape index (κ1) is 8.29. The second-order valence-corrected chi connectivity index (χ2v) is 2.68. The van der Waals surface area contributed by atoms with Crippen molar-refractivity contribution in [2.24, 2.45) is 0 Å². The van der Waals surface area contributed by atoms with Crippen LogP contribution in [0.3, 0.4) is 0 Å². The van der Waals surface area contributed by atoms with Gasteiger partial charge in [-0.3, -0.25) is 4.79 Å². The lowest BCUT2D eigenvalue weighted by atomic mass is 10.2. The minimum absolute atomic E-state index is 0.0706. The van der Waals surface area contributed by atoms with E-state index < -0.39 is 0 Å². The number of epoxide rings is 1. The first-order chi connectivity index (χ1) is 5.24. The standard InChI is InChI=1S/C9H12O2/c1-3-8-9(11-8)6-4-5-7(2)10/h8-9H,3,6H2,1-2H3. The molecule has 60 valence electrons. The first-order valence-electron chi connectivity index (χ1n) is 3.89. The Morgan fingerprint density at radius 3 is 2.73 bits per heavy atom. The third kappa shape index (κ3) is 2.73. The Morgan fingerprint density at radius 2 is 2.27 bits per heavy atom. The van der Waals surface area contributed by atoms with Crippen molar-refractivity contribution in [2.75, 3.05) is 0 Å². The molecular formula is C9H12O2. The fourth-order valence-corrected chi connectivity index (χ4v) is 0.994. The van der Waals surface area contributed by atoms with Gasteiger partial charge in [0.2, 0.25) is 5.78 Å². The van der Waals surface area contributed by atoms with E-state index in [0.29, 0.717) is 18.6 Å². The maximum atomic E-state index is 10.4. The summed E-state index contributed by atoms with van der Waals surface area (Å²) in [5.74, 6) is 5.21. The number of ketones is 1. The van der Waals surface area contributed by atoms with Crippen molar-refractivity contribution in [1.82, 2.24) is 0 Å². The molecule has 1 saturated heterocycles. The quantitative estimate of drug-likeness (QED) is 0.337. The number of rotatable bonds is 2. The van der Waals surface area contributed by atoms with Crippen molar-refractivity contribution in [1.29, 1.82) is 0 Å². The molecule has 0 amide bonds. The van der Waals surface area contributed by atoms with E-state index in [1.165, 1.54) is 6.92 Å². The molecule has 1 fully saturated rings. The average molecular weight is 152 g/mol. The van der Waals surface area contributed by atoms with Crippen LogP contribution in [0.4, 0.5) is 0 Å². The summed E-state index contributed by atoms with van der Waals surface area (Å²) in [5.41, 5.74) is 0. The molecule has 0 aliphatic carbocycles. The van der Waals surface area contributed by atoms with Crippen molar-refractivity contribution < 1.29 is 9.53 Å². The van der Waals surface area contributed by atoms with Crippen molar-refractivity contribution in [3.05, 3.63) is 0 Å². The lowest BCUT2D eigenvalue weighted by molar-refractivity contribution is -0.111. The van der Waals surface area contributed by atoms with Gasteiger partial charge in [-0.2, -0.15) is 0 Å². The summed E-state index contributed by atoms with van der Waals surface area (Å²) in [6.45, 7) is 3.56. The highest BCUT2D eigenvalue weighted by molar-refractivity contribution is 5.93. The predicted octanol–water partition coefficient (Wildman–Crippen LogP) is 1.15. The molecule has 0 saturated carbocycles. The van der Waals surface area contributed by atoms with E-state index in [2.05, 4.69) is 18.8 Å². The van der Waals surface area contributed by atoms with Crippen LogP contribution >= 0.6 is 0 Å². The maximum absolute atomic E-state index is 10.4. The normalized spacial score (nSPS) is 27.1. The SMILES string of the molecule is CCC1OC1CC#CC(C)=O. The Hall–Kier alpha value is -0.810. The number of hydrogen-bond donors (Lipinski definition) is 0. The molecule has 2 unspecified atom stereocenters. The Kier molecular flexibility index (Phi) is 2.67. The fourth-order valence-electron chi connectivity index (χ4n) is 0.994. The van der Waals surface area contributed by atoms with Crippen LogP contribution in [-0.2, 0) is 9.53 Å². The largest absolute Gasteiger partial charge is 0.369 e. The molecule has 0 aromatic carbocycles. The van der Waals surface area contributed by atoms with Crippen LogP contribution in [0.2, 0.25) is 0 Å². The summed E-state index contributed by atoms with van der Waals surface area (Å²) in [7, 11) is 0. The molecule has 0 radical (unpaired) electrons. The van der Waals surface area contributed by atoms with Gasteiger partial charge in [-0.05, 0) is 12.3 Å². The minimum atomic E-state index is -0.0706. The Morgan fingerprint density at radius 1 is 1.55 bits per heavy atom. The zero-order valence-electron chi connectivity index (χ0n) is 6.89. The number of carbonyl (C=O) groups is 1. The fraction of sp³-hybridized carbons (Fsp3) is 0.667. The minimum Gasteiger partial charge on any atom is -0.369 e. The number of ether oxygens (including phenoxy) is 1. The third-order valence-electron chi connectivity index (χ3n) is 1.66. The summed E-state index contributed by atoms with van der Waals surface area (Å²) in [5, 5.41) is 0. The molecule has 1 rings (SSSR count). The van der Waals surface area contributed by atoms with Gasteiger partial charge in [-0.1, -0.05) is 12.8 Å². The lowest BCUT2D eigenvalue weighted by Gasteiger charge is -1.80. The zero-order valence-corrected chi connectivity index (χ0v) is 6.89. The van der Waals surface area contributed by atoms with Crippen LogP contribution in [0.5, 0.6) is 0 Å². The summed E-state index contributed by atoms with van der Waals surface area (Å²) in [6, 6.07) is 0. The van der Waals surface area contributed by atoms with Gasteiger partial charge in [0.05, 0.1) is 12.2 Å². The molecule has 1 heterocycles. The van der Waals surface area contributed by atoms with Crippen molar-refractivity contribution in [3.8, 4) is 11.8 Å². The molecule has 1 aliphatic rings. The summed E-state index contributed by atoms with van der Waals surface area (Å²) in [6.07, 6.45) is 2.45. The monoisotopic (exact) mass is 152 g/mol. The average Bonchev–Trinajstić information content (AvgIpc) is 2.66. The molecule has 2 atom stereocenters. The molecule has 1 aliphatic heterocycles. The Balaban J connectivity index is 2.16. The van der Waals surface area contributed by atoms with E-state index >= 15 is 0 Å². The van der Waals surface area contributed by atoms with Crippen molar-refractivity contribution in [3.63, 3.8) is 0 Å². The van der Waals surface area contributed by atoms with Gasteiger partial charge in [0.15, 0.2) is 0 Å². The highest BCUT2D eigenvalue weighted by Gasteiger charge is 2.35. The molecule has 0 bridgehead atoms. The van der Waals surface area contributed by atoms with Crippen molar-refractivity contribution in [2.45, 2.75) is 38.9 Å². The third-order valence-corrected chi connectivity index (χ3v) is 1.66. The zero-order chi connectivity index (χ0) is 8.27. The first-order valence-corrected chi connectivity index (χ1v) is 3.89. The Labute approximate surface area is 66.9 Å². The van der Waals surface area contributed by atoms with E-state index in [1.807, 2.05) is 0 Å². The molecular weight excluding hydrogens is 140 g/mol. The summed E-state index contributed by atoms with van der Waals surface area (Å²) in [4.78, 5) is 10.4. The van der Waals surface area contributed by atoms with Crippen LogP contribution in [0.25, 0.3) is 0 Å².